The van der Waals surface area contributed by atoms with Crippen LogP contribution in [-0.2, 0) is 8.85 Å². The van der Waals surface area contributed by atoms with Crippen molar-refractivity contribution in [3.05, 3.63) is 24.5 Å². The second-order valence-electron chi connectivity index (χ2n) is 4.73. The molecule has 1 aromatic rings. The normalized spacial score (nSPS) is 11.6. The van der Waals surface area contributed by atoms with Crippen LogP contribution in [0.3, 0.4) is 0 Å². The first-order valence-corrected chi connectivity index (χ1v) is 9.52. The number of hydrogen-bond donors (Lipinski definition) is 0. The zero-order valence-electron chi connectivity index (χ0n) is 12.6. The standard InChI is InChI=1S/C14H26N2O2Si/c1-5-17-19(4,18-6-2)13-7-12-16(3)14-8-10-15-11-9-14/h8-11H,5-7,12-13H2,1-4H3. The zero-order chi connectivity index (χ0) is 14.1. The van der Waals surface area contributed by atoms with Gasteiger partial charge in [0.25, 0.3) is 0 Å². The Labute approximate surface area is 118 Å². The number of aromatic nitrogens is 1. The van der Waals surface area contributed by atoms with Crippen molar-refractivity contribution in [3.8, 4) is 0 Å². The fraction of sp³-hybridized carbons (Fsp3) is 0.643. The van der Waals surface area contributed by atoms with Gasteiger partial charge in [0.15, 0.2) is 0 Å². The number of hydrogen-bond acceptors (Lipinski definition) is 4. The van der Waals surface area contributed by atoms with Gasteiger partial charge in [-0.1, -0.05) is 0 Å². The highest BCUT2D eigenvalue weighted by Gasteiger charge is 2.29. The van der Waals surface area contributed by atoms with Crippen LogP contribution >= 0.6 is 0 Å². The molecule has 0 bridgehead atoms. The van der Waals surface area contributed by atoms with Crippen LogP contribution in [0.4, 0.5) is 5.69 Å². The molecule has 108 valence electrons. The fourth-order valence-electron chi connectivity index (χ4n) is 2.16. The molecule has 0 saturated heterocycles. The molecule has 0 aromatic carbocycles. The summed E-state index contributed by atoms with van der Waals surface area (Å²) in [5.41, 5.74) is 1.20. The quantitative estimate of drug-likeness (QED) is 0.652. The average Bonchev–Trinajstić information content (AvgIpc) is 2.40. The first-order chi connectivity index (χ1) is 9.11. The highest BCUT2D eigenvalue weighted by Crippen LogP contribution is 2.17. The zero-order valence-corrected chi connectivity index (χ0v) is 13.6. The molecule has 5 heteroatoms. The van der Waals surface area contributed by atoms with E-state index in [0.717, 1.165) is 32.2 Å². The topological polar surface area (TPSA) is 34.6 Å². The van der Waals surface area contributed by atoms with Gasteiger partial charge in [0.2, 0.25) is 0 Å². The highest BCUT2D eigenvalue weighted by molar-refractivity contribution is 6.66. The van der Waals surface area contributed by atoms with E-state index in [1.807, 2.05) is 38.4 Å². The van der Waals surface area contributed by atoms with Crippen LogP contribution in [0.15, 0.2) is 24.5 Å². The van der Waals surface area contributed by atoms with Crippen LogP contribution < -0.4 is 4.90 Å². The molecule has 0 saturated carbocycles. The minimum Gasteiger partial charge on any atom is -0.395 e. The van der Waals surface area contributed by atoms with E-state index in [9.17, 15) is 0 Å². The molecule has 0 N–H and O–H groups in total. The second kappa shape index (κ2) is 8.30. The number of nitrogens with zero attached hydrogens (tertiary/aromatic N) is 2. The highest BCUT2D eigenvalue weighted by atomic mass is 28.4. The van der Waals surface area contributed by atoms with Gasteiger partial charge in [0.1, 0.15) is 0 Å². The van der Waals surface area contributed by atoms with E-state index in [1.54, 1.807) is 0 Å². The SMILES string of the molecule is CCO[Si](C)(CCCN(C)c1ccncc1)OCC. The molecule has 0 aliphatic carbocycles. The summed E-state index contributed by atoms with van der Waals surface area (Å²) < 4.78 is 11.7. The van der Waals surface area contributed by atoms with E-state index in [2.05, 4.69) is 23.5 Å². The van der Waals surface area contributed by atoms with Crippen molar-refractivity contribution in [3.63, 3.8) is 0 Å². The summed E-state index contributed by atoms with van der Waals surface area (Å²) in [6, 6.07) is 5.09. The third-order valence-electron chi connectivity index (χ3n) is 3.13. The molecule has 0 aliphatic rings. The van der Waals surface area contributed by atoms with Crippen LogP contribution in [-0.4, -0.2) is 40.4 Å². The summed E-state index contributed by atoms with van der Waals surface area (Å²) in [5.74, 6) is 0. The Balaban J connectivity index is 2.39. The van der Waals surface area contributed by atoms with E-state index < -0.39 is 8.56 Å². The molecule has 0 atom stereocenters. The van der Waals surface area contributed by atoms with Crippen molar-refractivity contribution in [2.24, 2.45) is 0 Å². The van der Waals surface area contributed by atoms with Gasteiger partial charge < -0.3 is 13.8 Å². The summed E-state index contributed by atoms with van der Waals surface area (Å²) in [6.07, 6.45) is 4.73. The minimum absolute atomic E-state index is 0.739. The summed E-state index contributed by atoms with van der Waals surface area (Å²) in [7, 11) is 0.151. The molecular formula is C14H26N2O2Si. The van der Waals surface area contributed by atoms with Gasteiger partial charge in [-0.05, 0) is 45.0 Å². The van der Waals surface area contributed by atoms with Crippen molar-refractivity contribution in [1.29, 1.82) is 0 Å². The lowest BCUT2D eigenvalue weighted by Gasteiger charge is -2.27. The first-order valence-electron chi connectivity index (χ1n) is 7.00. The average molecular weight is 282 g/mol. The first kappa shape index (κ1) is 16.1. The molecular weight excluding hydrogens is 256 g/mol. The van der Waals surface area contributed by atoms with Crippen LogP contribution in [0.25, 0.3) is 0 Å². The Kier molecular flexibility index (Phi) is 7.05. The van der Waals surface area contributed by atoms with Crippen LogP contribution in [0.1, 0.15) is 20.3 Å². The summed E-state index contributed by atoms with van der Waals surface area (Å²) in [5, 5.41) is 0. The predicted molar refractivity (Wildman–Crippen MR) is 81.8 cm³/mol. The Hall–Kier alpha value is -0.913. The van der Waals surface area contributed by atoms with Crippen molar-refractivity contribution in [2.45, 2.75) is 32.9 Å². The molecule has 1 rings (SSSR count). The Morgan fingerprint density at radius 2 is 1.74 bits per heavy atom. The van der Waals surface area contributed by atoms with Crippen LogP contribution in [0.5, 0.6) is 0 Å². The molecule has 1 aromatic heterocycles. The van der Waals surface area contributed by atoms with Crippen LogP contribution in [0.2, 0.25) is 12.6 Å². The van der Waals surface area contributed by atoms with E-state index >= 15 is 0 Å². The van der Waals surface area contributed by atoms with E-state index in [-0.39, 0.29) is 0 Å². The summed E-state index contributed by atoms with van der Waals surface area (Å²) in [4.78, 5) is 6.28. The third kappa shape index (κ3) is 5.72. The Morgan fingerprint density at radius 3 is 2.26 bits per heavy atom. The maximum atomic E-state index is 5.85. The lowest BCUT2D eigenvalue weighted by molar-refractivity contribution is 0.188. The maximum Gasteiger partial charge on any atom is 0.334 e. The molecule has 1 heterocycles. The second-order valence-corrected chi connectivity index (χ2v) is 8.08. The fourth-order valence-corrected chi connectivity index (χ4v) is 4.56. The molecule has 0 radical (unpaired) electrons. The molecule has 0 aliphatic heterocycles. The monoisotopic (exact) mass is 282 g/mol. The number of rotatable bonds is 9. The third-order valence-corrected chi connectivity index (χ3v) is 6.19. The van der Waals surface area contributed by atoms with Gasteiger partial charge in [-0.25, -0.2) is 0 Å². The van der Waals surface area contributed by atoms with Gasteiger partial charge in [-0.3, -0.25) is 4.98 Å². The van der Waals surface area contributed by atoms with Crippen molar-refractivity contribution >= 4 is 14.2 Å². The van der Waals surface area contributed by atoms with E-state index in [0.29, 0.717) is 0 Å². The number of pyridine rings is 1. The maximum absolute atomic E-state index is 5.85. The molecule has 4 nitrogen and oxygen atoms in total. The number of anilines is 1. The Bertz CT molecular complexity index is 343. The molecule has 0 unspecified atom stereocenters. The van der Waals surface area contributed by atoms with E-state index in [4.69, 9.17) is 8.85 Å². The van der Waals surface area contributed by atoms with Gasteiger partial charge >= 0.3 is 8.56 Å². The Morgan fingerprint density at radius 1 is 1.16 bits per heavy atom. The van der Waals surface area contributed by atoms with Gasteiger partial charge in [0.05, 0.1) is 0 Å². The lowest BCUT2D eigenvalue weighted by Crippen LogP contribution is -2.39. The molecule has 0 spiro atoms. The molecule has 19 heavy (non-hydrogen) atoms. The van der Waals surface area contributed by atoms with Crippen molar-refractivity contribution in [2.75, 3.05) is 31.7 Å². The van der Waals surface area contributed by atoms with Gasteiger partial charge in [-0.2, -0.15) is 0 Å². The predicted octanol–water partition coefficient (Wildman–Crippen LogP) is 3.05. The molecule has 0 amide bonds. The molecule has 0 fully saturated rings. The summed E-state index contributed by atoms with van der Waals surface area (Å²) in [6.45, 7) is 8.71. The summed E-state index contributed by atoms with van der Waals surface area (Å²) >= 11 is 0. The van der Waals surface area contributed by atoms with E-state index in [1.165, 1.54) is 5.69 Å². The van der Waals surface area contributed by atoms with Gasteiger partial charge in [0, 0.05) is 44.9 Å². The van der Waals surface area contributed by atoms with Crippen molar-refractivity contribution < 1.29 is 8.85 Å². The lowest BCUT2D eigenvalue weighted by atomic mass is 10.3. The largest absolute Gasteiger partial charge is 0.395 e. The van der Waals surface area contributed by atoms with Gasteiger partial charge in [-0.15, -0.1) is 0 Å². The van der Waals surface area contributed by atoms with Crippen molar-refractivity contribution in [1.82, 2.24) is 4.98 Å². The minimum atomic E-state index is -1.96. The smallest absolute Gasteiger partial charge is 0.334 e. The van der Waals surface area contributed by atoms with Crippen LogP contribution in [0, 0.1) is 0 Å².